The molecule has 1 aliphatic rings. The third-order valence-electron chi connectivity index (χ3n) is 6.02. The molecule has 0 atom stereocenters. The summed E-state index contributed by atoms with van der Waals surface area (Å²) in [6.45, 7) is 3.78. The fourth-order valence-electron chi connectivity index (χ4n) is 4.22. The van der Waals surface area contributed by atoms with Crippen LogP contribution in [-0.4, -0.2) is 36.3 Å². The lowest BCUT2D eigenvalue weighted by Crippen LogP contribution is -2.37. The van der Waals surface area contributed by atoms with E-state index in [1.165, 1.54) is 31.5 Å². The highest BCUT2D eigenvalue weighted by Gasteiger charge is 2.12. The van der Waals surface area contributed by atoms with Crippen LogP contribution in [0.2, 0.25) is 0 Å². The molecule has 3 aromatic rings. The lowest BCUT2D eigenvalue weighted by atomic mass is 9.98. The Balaban J connectivity index is 1.29. The molecule has 0 unspecified atom stereocenters. The number of hydrogen-bond acceptors (Lipinski definition) is 3. The van der Waals surface area contributed by atoms with Gasteiger partial charge in [0, 0.05) is 13.1 Å². The minimum absolute atomic E-state index is 0.0287. The van der Waals surface area contributed by atoms with Crippen LogP contribution in [0.1, 0.15) is 29.5 Å². The maximum Gasteiger partial charge on any atom is 0.239 e. The average Bonchev–Trinajstić information content (AvgIpc) is 3.36. The molecular formula is C28H31N3O2. The van der Waals surface area contributed by atoms with Gasteiger partial charge in [-0.3, -0.25) is 14.5 Å². The van der Waals surface area contributed by atoms with E-state index in [0.29, 0.717) is 6.54 Å². The van der Waals surface area contributed by atoms with E-state index >= 15 is 0 Å². The Labute approximate surface area is 195 Å². The summed E-state index contributed by atoms with van der Waals surface area (Å²) in [5.74, 6) is -0.363. The van der Waals surface area contributed by atoms with Gasteiger partial charge < -0.3 is 10.6 Å². The minimum Gasteiger partial charge on any atom is -0.350 e. The first-order valence-corrected chi connectivity index (χ1v) is 11.6. The van der Waals surface area contributed by atoms with Crippen LogP contribution >= 0.6 is 0 Å². The number of likely N-dealkylation sites (tertiary alicyclic amines) is 1. The standard InChI is InChI=1S/C28H31N3O2/c32-27(18-22-8-2-1-3-9-22)30-20-28(33)29-19-25-10-4-5-11-26(25)24-14-12-23(13-15-24)21-31-16-6-7-17-31/h1-5,8-15H,6-7,16-21H2,(H,29,33)(H,30,32). The monoisotopic (exact) mass is 441 g/mol. The van der Waals surface area contributed by atoms with Crippen molar-refractivity contribution < 1.29 is 9.59 Å². The number of carbonyl (C=O) groups excluding carboxylic acids is 2. The molecule has 33 heavy (non-hydrogen) atoms. The van der Waals surface area contributed by atoms with Crippen molar-refractivity contribution in [3.63, 3.8) is 0 Å². The van der Waals surface area contributed by atoms with Gasteiger partial charge in [0.25, 0.3) is 0 Å². The van der Waals surface area contributed by atoms with Crippen LogP contribution in [0, 0.1) is 0 Å². The second-order valence-electron chi connectivity index (χ2n) is 8.55. The Morgan fingerprint density at radius 3 is 2.18 bits per heavy atom. The quantitative estimate of drug-likeness (QED) is 0.529. The summed E-state index contributed by atoms with van der Waals surface area (Å²) in [6.07, 6.45) is 2.87. The molecule has 2 amide bonds. The van der Waals surface area contributed by atoms with Crippen LogP contribution < -0.4 is 10.6 Å². The Hall–Kier alpha value is -3.44. The van der Waals surface area contributed by atoms with E-state index in [1.54, 1.807) is 0 Å². The van der Waals surface area contributed by atoms with Gasteiger partial charge in [0.15, 0.2) is 0 Å². The molecule has 3 aromatic carbocycles. The van der Waals surface area contributed by atoms with Crippen LogP contribution in [0.5, 0.6) is 0 Å². The van der Waals surface area contributed by atoms with Gasteiger partial charge in [-0.15, -0.1) is 0 Å². The third kappa shape index (κ3) is 6.77. The summed E-state index contributed by atoms with van der Waals surface area (Å²) >= 11 is 0. The maximum absolute atomic E-state index is 12.3. The van der Waals surface area contributed by atoms with Crippen molar-refractivity contribution in [1.29, 1.82) is 0 Å². The smallest absolute Gasteiger partial charge is 0.239 e. The van der Waals surface area contributed by atoms with Crippen molar-refractivity contribution in [3.05, 3.63) is 95.6 Å². The minimum atomic E-state index is -0.202. The molecular weight excluding hydrogens is 410 g/mol. The molecule has 1 fully saturated rings. The van der Waals surface area contributed by atoms with Crippen LogP contribution in [0.25, 0.3) is 11.1 Å². The first kappa shape index (κ1) is 22.7. The number of amides is 2. The molecule has 1 heterocycles. The summed E-state index contributed by atoms with van der Waals surface area (Å²) in [5, 5.41) is 5.62. The molecule has 2 N–H and O–H groups in total. The molecule has 0 aliphatic carbocycles. The molecule has 0 bridgehead atoms. The predicted octanol–water partition coefficient (Wildman–Crippen LogP) is 3.92. The van der Waals surface area contributed by atoms with Crippen molar-refractivity contribution in [1.82, 2.24) is 15.5 Å². The van der Waals surface area contributed by atoms with Gasteiger partial charge in [-0.25, -0.2) is 0 Å². The van der Waals surface area contributed by atoms with Crippen molar-refractivity contribution in [2.24, 2.45) is 0 Å². The summed E-state index contributed by atoms with van der Waals surface area (Å²) in [5.41, 5.74) is 5.56. The Bertz CT molecular complexity index is 1060. The highest BCUT2D eigenvalue weighted by Crippen LogP contribution is 2.25. The molecule has 1 aliphatic heterocycles. The zero-order chi connectivity index (χ0) is 22.9. The van der Waals surface area contributed by atoms with Gasteiger partial charge in [0.05, 0.1) is 13.0 Å². The van der Waals surface area contributed by atoms with Gasteiger partial charge in [0.1, 0.15) is 0 Å². The van der Waals surface area contributed by atoms with Gasteiger partial charge in [-0.2, -0.15) is 0 Å². The number of hydrogen-bond donors (Lipinski definition) is 2. The Morgan fingerprint density at radius 1 is 0.727 bits per heavy atom. The average molecular weight is 442 g/mol. The molecule has 0 radical (unpaired) electrons. The third-order valence-corrected chi connectivity index (χ3v) is 6.02. The van der Waals surface area contributed by atoms with E-state index in [9.17, 15) is 9.59 Å². The predicted molar refractivity (Wildman–Crippen MR) is 131 cm³/mol. The highest BCUT2D eigenvalue weighted by molar-refractivity contribution is 5.85. The number of rotatable bonds is 9. The summed E-state index contributed by atoms with van der Waals surface area (Å²) in [4.78, 5) is 26.9. The fourth-order valence-corrected chi connectivity index (χ4v) is 4.22. The molecule has 4 rings (SSSR count). The number of carbonyl (C=O) groups is 2. The topological polar surface area (TPSA) is 61.4 Å². The molecule has 5 heteroatoms. The van der Waals surface area contributed by atoms with Crippen molar-refractivity contribution in [2.45, 2.75) is 32.4 Å². The number of nitrogens with zero attached hydrogens (tertiary/aromatic N) is 1. The molecule has 0 spiro atoms. The van der Waals surface area contributed by atoms with Crippen molar-refractivity contribution >= 4 is 11.8 Å². The first-order valence-electron chi connectivity index (χ1n) is 11.6. The lowest BCUT2D eigenvalue weighted by molar-refractivity contribution is -0.125. The van der Waals surface area contributed by atoms with E-state index in [0.717, 1.165) is 28.8 Å². The van der Waals surface area contributed by atoms with Crippen LogP contribution in [0.3, 0.4) is 0 Å². The van der Waals surface area contributed by atoms with Crippen molar-refractivity contribution in [2.75, 3.05) is 19.6 Å². The summed E-state index contributed by atoms with van der Waals surface area (Å²) in [6, 6.07) is 26.3. The second-order valence-corrected chi connectivity index (χ2v) is 8.55. The van der Waals surface area contributed by atoms with Gasteiger partial charge >= 0.3 is 0 Å². The van der Waals surface area contributed by atoms with E-state index < -0.39 is 0 Å². The Kier molecular flexibility index (Phi) is 7.88. The van der Waals surface area contributed by atoms with Crippen LogP contribution in [-0.2, 0) is 29.1 Å². The molecule has 0 saturated carbocycles. The largest absolute Gasteiger partial charge is 0.350 e. The summed E-state index contributed by atoms with van der Waals surface area (Å²) in [7, 11) is 0. The zero-order valence-corrected chi connectivity index (χ0v) is 18.9. The first-order chi connectivity index (χ1) is 16.2. The summed E-state index contributed by atoms with van der Waals surface area (Å²) < 4.78 is 0. The van der Waals surface area contributed by atoms with E-state index in [1.807, 2.05) is 48.5 Å². The molecule has 170 valence electrons. The normalized spacial score (nSPS) is 13.6. The number of benzene rings is 3. The lowest BCUT2D eigenvalue weighted by Gasteiger charge is -2.15. The van der Waals surface area contributed by atoms with E-state index in [4.69, 9.17) is 0 Å². The van der Waals surface area contributed by atoms with Gasteiger partial charge in [-0.1, -0.05) is 78.9 Å². The van der Waals surface area contributed by atoms with Gasteiger partial charge in [0.2, 0.25) is 11.8 Å². The zero-order valence-electron chi connectivity index (χ0n) is 18.9. The number of nitrogens with one attached hydrogen (secondary N) is 2. The van der Waals surface area contributed by atoms with Crippen LogP contribution in [0.4, 0.5) is 0 Å². The van der Waals surface area contributed by atoms with Crippen molar-refractivity contribution in [3.8, 4) is 11.1 Å². The fraction of sp³-hybridized carbons (Fsp3) is 0.286. The second kappa shape index (κ2) is 11.4. The van der Waals surface area contributed by atoms with E-state index in [2.05, 4.69) is 45.9 Å². The molecule has 5 nitrogen and oxygen atoms in total. The molecule has 1 saturated heterocycles. The molecule has 0 aromatic heterocycles. The Morgan fingerprint density at radius 2 is 1.42 bits per heavy atom. The SMILES string of the molecule is O=C(CNC(=O)Cc1ccccc1)NCc1ccccc1-c1ccc(CN2CCCC2)cc1. The van der Waals surface area contributed by atoms with E-state index in [-0.39, 0.29) is 24.8 Å². The van der Waals surface area contributed by atoms with Crippen LogP contribution in [0.15, 0.2) is 78.9 Å². The maximum atomic E-state index is 12.3. The van der Waals surface area contributed by atoms with Gasteiger partial charge in [-0.05, 0) is 53.7 Å². The highest BCUT2D eigenvalue weighted by atomic mass is 16.2.